The van der Waals surface area contributed by atoms with E-state index in [1.165, 1.54) is 12.1 Å². The molecule has 1 atom stereocenters. The van der Waals surface area contributed by atoms with E-state index in [-0.39, 0.29) is 5.82 Å². The molecular formula is C17H26FNO2. The van der Waals surface area contributed by atoms with E-state index in [1.807, 2.05) is 0 Å². The molecule has 0 aliphatic heterocycles. The largest absolute Gasteiger partial charge is 0.389 e. The van der Waals surface area contributed by atoms with Crippen molar-refractivity contribution in [3.63, 3.8) is 0 Å². The first-order chi connectivity index (χ1) is 9.80. The smallest absolute Gasteiger partial charge is 0.123 e. The third kappa shape index (κ3) is 4.77. The van der Waals surface area contributed by atoms with E-state index in [0.717, 1.165) is 25.7 Å². The van der Waals surface area contributed by atoms with Gasteiger partial charge in [-0.1, -0.05) is 26.0 Å². The molecule has 4 heteroatoms. The number of hydrogen-bond donors (Lipinski definition) is 3. The van der Waals surface area contributed by atoms with Gasteiger partial charge in [0.25, 0.3) is 0 Å². The van der Waals surface area contributed by atoms with E-state index >= 15 is 0 Å². The predicted octanol–water partition coefficient (Wildman–Crippen LogP) is 2.78. The number of halogens is 1. The van der Waals surface area contributed by atoms with Crippen molar-refractivity contribution in [3.8, 4) is 0 Å². The third-order valence-corrected chi connectivity index (χ3v) is 4.58. The second-order valence-corrected chi connectivity index (χ2v) is 7.09. The molecule has 0 aromatic heterocycles. The molecule has 1 aliphatic rings. The normalized spacial score (nSPS) is 22.0. The summed E-state index contributed by atoms with van der Waals surface area (Å²) < 4.78 is 12.8. The van der Waals surface area contributed by atoms with E-state index in [2.05, 4.69) is 19.2 Å². The van der Waals surface area contributed by atoms with Gasteiger partial charge < -0.3 is 15.5 Å². The Morgan fingerprint density at radius 3 is 2.29 bits per heavy atom. The predicted molar refractivity (Wildman–Crippen MR) is 81.4 cm³/mol. The monoisotopic (exact) mass is 295 g/mol. The van der Waals surface area contributed by atoms with Gasteiger partial charge in [0.05, 0.1) is 11.7 Å². The van der Waals surface area contributed by atoms with Gasteiger partial charge in [0.2, 0.25) is 0 Å². The Kier molecular flexibility index (Phi) is 5.02. The molecule has 0 spiro atoms. The average molecular weight is 295 g/mol. The Morgan fingerprint density at radius 2 is 1.71 bits per heavy atom. The van der Waals surface area contributed by atoms with Crippen LogP contribution in [0.4, 0.5) is 4.39 Å². The lowest BCUT2D eigenvalue weighted by Crippen LogP contribution is -2.45. The highest BCUT2D eigenvalue weighted by Crippen LogP contribution is 2.39. The van der Waals surface area contributed by atoms with E-state index in [9.17, 15) is 14.6 Å². The fraction of sp³-hybridized carbons (Fsp3) is 0.647. The third-order valence-electron chi connectivity index (χ3n) is 4.58. The van der Waals surface area contributed by atoms with Crippen LogP contribution in [-0.2, 0) is 0 Å². The molecule has 0 amide bonds. The SMILES string of the molecule is CC1(C)CCC(O)(CNCC(O)c2ccc(F)cc2)CC1. The maximum atomic E-state index is 12.8. The van der Waals surface area contributed by atoms with E-state index in [4.69, 9.17) is 0 Å². The van der Waals surface area contributed by atoms with Crippen LogP contribution in [0.1, 0.15) is 51.2 Å². The molecule has 1 saturated carbocycles. The Balaban J connectivity index is 1.77. The molecule has 2 rings (SSSR count). The van der Waals surface area contributed by atoms with E-state index < -0.39 is 11.7 Å². The van der Waals surface area contributed by atoms with Crippen LogP contribution in [0.2, 0.25) is 0 Å². The zero-order valence-corrected chi connectivity index (χ0v) is 12.9. The van der Waals surface area contributed by atoms with Crippen LogP contribution in [0.25, 0.3) is 0 Å². The first kappa shape index (κ1) is 16.4. The molecule has 1 aromatic carbocycles. The number of hydrogen-bond acceptors (Lipinski definition) is 3. The maximum absolute atomic E-state index is 12.8. The van der Waals surface area contributed by atoms with Crippen LogP contribution >= 0.6 is 0 Å². The fourth-order valence-corrected chi connectivity index (χ4v) is 2.81. The Labute approximate surface area is 126 Å². The molecule has 0 heterocycles. The molecule has 21 heavy (non-hydrogen) atoms. The summed E-state index contributed by atoms with van der Waals surface area (Å²) in [6, 6.07) is 5.85. The number of aliphatic hydroxyl groups excluding tert-OH is 1. The number of aliphatic hydroxyl groups is 2. The van der Waals surface area contributed by atoms with Crippen molar-refractivity contribution in [2.45, 2.75) is 51.2 Å². The van der Waals surface area contributed by atoms with Gasteiger partial charge in [0.15, 0.2) is 0 Å². The van der Waals surface area contributed by atoms with Crippen LogP contribution in [-0.4, -0.2) is 28.9 Å². The highest BCUT2D eigenvalue weighted by Gasteiger charge is 2.36. The van der Waals surface area contributed by atoms with Crippen LogP contribution in [0, 0.1) is 11.2 Å². The standard InChI is InChI=1S/C17H26FNO2/c1-16(2)7-9-17(21,10-8-16)12-19-11-15(20)13-3-5-14(18)6-4-13/h3-6,15,19-21H,7-12H2,1-2H3. The van der Waals surface area contributed by atoms with E-state index in [1.54, 1.807) is 12.1 Å². The average Bonchev–Trinajstić information content (AvgIpc) is 2.43. The summed E-state index contributed by atoms with van der Waals surface area (Å²) in [5.41, 5.74) is 0.332. The van der Waals surface area contributed by atoms with Gasteiger partial charge in [-0.3, -0.25) is 0 Å². The molecule has 1 aromatic rings. The quantitative estimate of drug-likeness (QED) is 0.783. The Hall–Kier alpha value is -0.970. The molecule has 3 N–H and O–H groups in total. The zero-order chi connectivity index (χ0) is 15.5. The minimum atomic E-state index is -0.686. The van der Waals surface area contributed by atoms with Gasteiger partial charge in [0.1, 0.15) is 5.82 Å². The van der Waals surface area contributed by atoms with Crippen molar-refractivity contribution >= 4 is 0 Å². The number of nitrogens with one attached hydrogen (secondary N) is 1. The van der Waals surface area contributed by atoms with E-state index in [0.29, 0.717) is 24.1 Å². The van der Waals surface area contributed by atoms with Crippen LogP contribution in [0.15, 0.2) is 24.3 Å². The fourth-order valence-electron chi connectivity index (χ4n) is 2.81. The summed E-state index contributed by atoms with van der Waals surface area (Å²) in [6.07, 6.45) is 2.94. The number of benzene rings is 1. The second kappa shape index (κ2) is 6.42. The lowest BCUT2D eigenvalue weighted by Gasteiger charge is -2.40. The van der Waals surface area contributed by atoms with Crippen molar-refractivity contribution in [3.05, 3.63) is 35.6 Å². The highest BCUT2D eigenvalue weighted by atomic mass is 19.1. The molecule has 118 valence electrons. The van der Waals surface area contributed by atoms with Gasteiger partial charge in [-0.05, 0) is 48.8 Å². The van der Waals surface area contributed by atoms with Crippen LogP contribution in [0.3, 0.4) is 0 Å². The van der Waals surface area contributed by atoms with Gasteiger partial charge in [-0.15, -0.1) is 0 Å². The second-order valence-electron chi connectivity index (χ2n) is 7.09. The maximum Gasteiger partial charge on any atom is 0.123 e. The van der Waals surface area contributed by atoms with Gasteiger partial charge in [0, 0.05) is 13.1 Å². The summed E-state index contributed by atoms with van der Waals surface area (Å²) in [7, 11) is 0. The van der Waals surface area contributed by atoms with Crippen molar-refractivity contribution in [2.24, 2.45) is 5.41 Å². The lowest BCUT2D eigenvalue weighted by molar-refractivity contribution is -0.0258. The van der Waals surface area contributed by atoms with Crippen LogP contribution < -0.4 is 5.32 Å². The highest BCUT2D eigenvalue weighted by molar-refractivity contribution is 5.18. The minimum absolute atomic E-state index is 0.307. The lowest BCUT2D eigenvalue weighted by atomic mass is 9.71. The summed E-state index contributed by atoms with van der Waals surface area (Å²) in [6.45, 7) is 5.31. The first-order valence-corrected chi connectivity index (χ1v) is 7.66. The molecule has 1 aliphatic carbocycles. The first-order valence-electron chi connectivity index (χ1n) is 7.66. The van der Waals surface area contributed by atoms with Crippen LogP contribution in [0.5, 0.6) is 0 Å². The Morgan fingerprint density at radius 1 is 1.14 bits per heavy atom. The van der Waals surface area contributed by atoms with Crippen molar-refractivity contribution in [1.82, 2.24) is 5.32 Å². The van der Waals surface area contributed by atoms with Crippen molar-refractivity contribution in [1.29, 1.82) is 0 Å². The molecular weight excluding hydrogens is 269 g/mol. The number of rotatable bonds is 5. The van der Waals surface area contributed by atoms with Gasteiger partial charge in [-0.2, -0.15) is 0 Å². The van der Waals surface area contributed by atoms with Gasteiger partial charge in [-0.25, -0.2) is 4.39 Å². The van der Waals surface area contributed by atoms with Gasteiger partial charge >= 0.3 is 0 Å². The Bertz CT molecular complexity index is 448. The van der Waals surface area contributed by atoms with Crippen molar-refractivity contribution < 1.29 is 14.6 Å². The summed E-state index contributed by atoms with van der Waals surface area (Å²) in [4.78, 5) is 0. The molecule has 0 radical (unpaired) electrons. The minimum Gasteiger partial charge on any atom is -0.389 e. The summed E-state index contributed by atoms with van der Waals surface area (Å²) in [5, 5.41) is 23.7. The summed E-state index contributed by atoms with van der Waals surface area (Å²) in [5.74, 6) is -0.307. The molecule has 0 saturated heterocycles. The molecule has 1 fully saturated rings. The topological polar surface area (TPSA) is 52.5 Å². The summed E-state index contributed by atoms with van der Waals surface area (Å²) >= 11 is 0. The van der Waals surface area contributed by atoms with Crippen molar-refractivity contribution in [2.75, 3.05) is 13.1 Å². The molecule has 3 nitrogen and oxygen atoms in total. The zero-order valence-electron chi connectivity index (χ0n) is 12.9. The molecule has 1 unspecified atom stereocenters. The molecule has 0 bridgehead atoms.